The fourth-order valence-electron chi connectivity index (χ4n) is 7.78. The number of allylic oxidation sites excluding steroid dienone is 8. The second-order valence-corrected chi connectivity index (χ2v) is 17.5. The molecule has 0 saturated carbocycles. The Morgan fingerprint density at radius 3 is 1.32 bits per heavy atom. The van der Waals surface area contributed by atoms with Gasteiger partial charge >= 0.3 is 0 Å². The molecule has 0 N–H and O–H groups in total. The van der Waals surface area contributed by atoms with Crippen LogP contribution in [0.15, 0.2) is 47.6 Å². The lowest BCUT2D eigenvalue weighted by Gasteiger charge is -2.25. The summed E-state index contributed by atoms with van der Waals surface area (Å²) in [6.45, 7) is 37.2. The Kier molecular flexibility index (Phi) is 26.8. The van der Waals surface area contributed by atoms with Crippen LogP contribution >= 0.6 is 0 Å². The summed E-state index contributed by atoms with van der Waals surface area (Å²) < 4.78 is 0. The molecular weight excluding hydrogens is 565 g/mol. The van der Waals surface area contributed by atoms with E-state index in [2.05, 4.69) is 147 Å². The first kappa shape index (κ1) is 50.3. The van der Waals surface area contributed by atoms with Gasteiger partial charge in [-0.15, -0.1) is 0 Å². The molecule has 0 amide bonds. The van der Waals surface area contributed by atoms with Crippen LogP contribution in [0, 0.1) is 82.9 Å². The van der Waals surface area contributed by atoms with Gasteiger partial charge in [-0.2, -0.15) is 0 Å². The second kappa shape index (κ2) is 25.0. The van der Waals surface area contributed by atoms with Crippen LogP contribution in [0.4, 0.5) is 0 Å². The molecule has 0 saturated heterocycles. The van der Waals surface area contributed by atoms with Crippen molar-refractivity contribution in [1.29, 1.82) is 0 Å². The van der Waals surface area contributed by atoms with Gasteiger partial charge in [0.1, 0.15) is 0 Å². The smallest absolute Gasteiger partial charge is 0.0175 e. The minimum Gasteiger partial charge on any atom is -0.0879 e. The van der Waals surface area contributed by atoms with Crippen LogP contribution in [-0.4, -0.2) is 0 Å². The Balaban J connectivity index is -0.000000538. The van der Waals surface area contributed by atoms with Gasteiger partial charge in [-0.05, 0) is 121 Å². The van der Waals surface area contributed by atoms with Crippen LogP contribution in [0.1, 0.15) is 172 Å². The third kappa shape index (κ3) is 17.4. The summed E-state index contributed by atoms with van der Waals surface area (Å²) in [5.74, 6) is 11.8. The summed E-state index contributed by atoms with van der Waals surface area (Å²) in [6.07, 6.45) is 22.7. The van der Waals surface area contributed by atoms with Crippen LogP contribution in [0.25, 0.3) is 0 Å². The molecule has 4 rings (SSSR count). The zero-order chi connectivity index (χ0) is 33.7. The molecule has 0 aromatic carbocycles. The molecule has 47 heavy (non-hydrogen) atoms. The van der Waals surface area contributed by atoms with Crippen LogP contribution in [0.3, 0.4) is 0 Å². The van der Waals surface area contributed by atoms with E-state index in [9.17, 15) is 0 Å². The van der Waals surface area contributed by atoms with E-state index < -0.39 is 0 Å². The molecule has 4 aliphatic carbocycles. The fourth-order valence-corrected chi connectivity index (χ4v) is 7.78. The van der Waals surface area contributed by atoms with E-state index in [0.717, 1.165) is 82.9 Å². The van der Waals surface area contributed by atoms with E-state index in [4.69, 9.17) is 0 Å². The van der Waals surface area contributed by atoms with Gasteiger partial charge in [0.05, 0.1) is 0 Å². The average molecular weight is 657 g/mol. The summed E-state index contributed by atoms with van der Waals surface area (Å²) >= 11 is 0. The van der Waals surface area contributed by atoms with Crippen molar-refractivity contribution in [3.8, 4) is 0 Å². The number of rotatable bonds is 8. The summed E-state index contributed by atoms with van der Waals surface area (Å²) in [5, 5.41) is 0. The van der Waals surface area contributed by atoms with Crippen molar-refractivity contribution in [1.82, 2.24) is 0 Å². The molecular formula is C47H92. The third-order valence-corrected chi connectivity index (χ3v) is 11.3. The summed E-state index contributed by atoms with van der Waals surface area (Å²) in [6, 6.07) is 0. The Morgan fingerprint density at radius 2 is 1.04 bits per heavy atom. The highest BCUT2D eigenvalue weighted by molar-refractivity contribution is 5.15. The lowest BCUT2D eigenvalue weighted by atomic mass is 9.79. The van der Waals surface area contributed by atoms with Gasteiger partial charge in [0.15, 0.2) is 0 Å². The van der Waals surface area contributed by atoms with E-state index in [0.29, 0.717) is 0 Å². The predicted molar refractivity (Wildman–Crippen MR) is 222 cm³/mol. The lowest BCUT2D eigenvalue weighted by Crippen LogP contribution is -2.19. The van der Waals surface area contributed by atoms with Crippen molar-refractivity contribution >= 4 is 0 Å². The van der Waals surface area contributed by atoms with E-state index in [1.807, 2.05) is 0 Å². The quantitative estimate of drug-likeness (QED) is 0.228. The minimum absolute atomic E-state index is 0. The van der Waals surface area contributed by atoms with E-state index in [1.54, 1.807) is 11.1 Å². The van der Waals surface area contributed by atoms with Gasteiger partial charge in [-0.3, -0.25) is 0 Å². The fraction of sp³-hybridized carbons (Fsp3) is 0.830. The molecule has 6 atom stereocenters. The first-order valence-electron chi connectivity index (χ1n) is 19.2. The largest absolute Gasteiger partial charge is 0.0879 e. The van der Waals surface area contributed by atoms with Gasteiger partial charge in [0.25, 0.3) is 0 Å². The summed E-state index contributed by atoms with van der Waals surface area (Å²) in [5.41, 5.74) is 3.39. The van der Waals surface area contributed by atoms with Crippen LogP contribution < -0.4 is 0 Å². The van der Waals surface area contributed by atoms with Crippen molar-refractivity contribution < 1.29 is 0 Å². The van der Waals surface area contributed by atoms with Crippen LogP contribution in [0.2, 0.25) is 0 Å². The Hall–Kier alpha value is -1.04. The molecule has 280 valence electrons. The van der Waals surface area contributed by atoms with Crippen molar-refractivity contribution in [2.45, 2.75) is 172 Å². The maximum absolute atomic E-state index is 2.51. The lowest BCUT2D eigenvalue weighted by molar-refractivity contribution is 0.262. The highest BCUT2D eigenvalue weighted by Gasteiger charge is 2.27. The molecule has 0 fully saturated rings. The van der Waals surface area contributed by atoms with E-state index in [1.165, 1.54) is 38.5 Å². The van der Waals surface area contributed by atoms with Crippen molar-refractivity contribution in [2.75, 3.05) is 0 Å². The van der Waals surface area contributed by atoms with Gasteiger partial charge in [-0.1, -0.05) is 181 Å². The van der Waals surface area contributed by atoms with Crippen LogP contribution in [-0.2, 0) is 0 Å². The van der Waals surface area contributed by atoms with Gasteiger partial charge < -0.3 is 0 Å². The van der Waals surface area contributed by atoms with Crippen molar-refractivity contribution in [3.63, 3.8) is 0 Å². The topological polar surface area (TPSA) is 0 Å². The van der Waals surface area contributed by atoms with Crippen molar-refractivity contribution in [2.24, 2.45) is 82.9 Å². The molecule has 6 unspecified atom stereocenters. The highest BCUT2D eigenvalue weighted by atomic mass is 14.3. The van der Waals surface area contributed by atoms with Crippen molar-refractivity contribution in [3.05, 3.63) is 47.6 Å². The van der Waals surface area contributed by atoms with E-state index in [-0.39, 0.29) is 22.3 Å². The molecule has 0 radical (unpaired) electrons. The molecule has 0 bridgehead atoms. The Morgan fingerprint density at radius 1 is 0.532 bits per heavy atom. The standard InChI is InChI=1S/4C11H20.3CH4/c2*1-8(2)10-5-6-11(7-10)9(3)4;2*1-8(2)10-6-5-7-11(10)9(3)4;;;/h7-10H,5-6H2,1-4H3;5-6,8-11H,7H2,1-4H3;6,8-9,11H,5,7H2,1-4H3;5-6,8-11H,7H2,1-4H3;3*1H4. The monoisotopic (exact) mass is 657 g/mol. The normalized spacial score (nSPS) is 26.0. The molecule has 0 aliphatic heterocycles. The maximum atomic E-state index is 2.51. The molecule has 0 nitrogen and oxygen atoms in total. The SMILES string of the molecule is C.C.C.CC(C)C1=CC(C(C)C)CC1.CC(C)C1=CCCC1C(C)C.CC(C)C1C=CC(C(C)C)C1.CC(C)C1C=CCC1C(C)C. The number of hydrogen-bond acceptors (Lipinski definition) is 0. The first-order chi connectivity index (χ1) is 20.5. The zero-order valence-corrected chi connectivity index (χ0v) is 32.8. The second-order valence-electron chi connectivity index (χ2n) is 17.5. The summed E-state index contributed by atoms with van der Waals surface area (Å²) in [7, 11) is 0. The maximum Gasteiger partial charge on any atom is -0.0175 e. The Labute approximate surface area is 301 Å². The summed E-state index contributed by atoms with van der Waals surface area (Å²) in [4.78, 5) is 0. The van der Waals surface area contributed by atoms with Gasteiger partial charge in [0, 0.05) is 0 Å². The van der Waals surface area contributed by atoms with Crippen LogP contribution in [0.5, 0.6) is 0 Å². The predicted octanol–water partition coefficient (Wildman–Crippen LogP) is 16.2. The molecule has 4 aliphatic rings. The first-order valence-corrected chi connectivity index (χ1v) is 19.2. The highest BCUT2D eigenvalue weighted by Crippen LogP contribution is 2.37. The average Bonchev–Trinajstić information content (AvgIpc) is 3.75. The Bertz CT molecular complexity index is 861. The number of hydrogen-bond donors (Lipinski definition) is 0. The van der Waals surface area contributed by atoms with E-state index >= 15 is 0 Å². The molecule has 0 heterocycles. The molecule has 0 aromatic heterocycles. The molecule has 0 heteroatoms. The zero-order valence-electron chi connectivity index (χ0n) is 32.8. The molecule has 0 spiro atoms. The molecule has 0 aromatic rings. The minimum atomic E-state index is 0. The third-order valence-electron chi connectivity index (χ3n) is 11.3. The van der Waals surface area contributed by atoms with Gasteiger partial charge in [-0.25, -0.2) is 0 Å². The van der Waals surface area contributed by atoms with Gasteiger partial charge in [0.2, 0.25) is 0 Å².